The Morgan fingerprint density at radius 3 is 1.70 bits per heavy atom. The molecule has 6 heteroatoms. The molecule has 1 heterocycles. The maximum absolute atomic E-state index is 11.3. The highest BCUT2D eigenvalue weighted by Gasteiger charge is 2.44. The van der Waals surface area contributed by atoms with Crippen LogP contribution < -0.4 is 5.11 Å². The first-order valence-electron chi connectivity index (χ1n) is 6.96. The topological polar surface area (TPSA) is 77.1 Å². The lowest BCUT2D eigenvalue weighted by Gasteiger charge is -2.36. The van der Waals surface area contributed by atoms with Crippen molar-refractivity contribution in [3.63, 3.8) is 0 Å². The van der Waals surface area contributed by atoms with Crippen LogP contribution in [0, 0.1) is 5.92 Å². The maximum Gasteiger partial charge on any atom is 0.239 e. The lowest BCUT2D eigenvalue weighted by molar-refractivity contribution is -0.542. The fourth-order valence-corrected chi connectivity index (χ4v) is 1.96. The number of carboxylic acids is 1. The van der Waals surface area contributed by atoms with Gasteiger partial charge in [-0.15, -0.1) is 0 Å². The molecule has 0 aromatic heterocycles. The summed E-state index contributed by atoms with van der Waals surface area (Å²) in [6, 6.07) is 0. The Hall–Kier alpha value is -0.690. The van der Waals surface area contributed by atoms with Crippen molar-refractivity contribution in [2.75, 3.05) is 0 Å². The molecule has 1 unspecified atom stereocenters. The van der Waals surface area contributed by atoms with E-state index in [0.29, 0.717) is 12.8 Å². The Kier molecular flexibility index (Phi) is 5.18. The lowest BCUT2D eigenvalue weighted by atomic mass is 9.94. The molecule has 20 heavy (non-hydrogen) atoms. The second kappa shape index (κ2) is 5.97. The average Bonchev–Trinajstić information content (AvgIpc) is 2.36. The predicted octanol–water partition coefficient (Wildman–Crippen LogP) is 1.73. The summed E-state index contributed by atoms with van der Waals surface area (Å²) in [6.07, 6.45) is 1.63. The third kappa shape index (κ3) is 4.41. The summed E-state index contributed by atoms with van der Waals surface area (Å²) in [5.74, 6) is -3.84. The molecular formula is C14H25O6-. The van der Waals surface area contributed by atoms with E-state index in [1.807, 2.05) is 27.7 Å². The van der Waals surface area contributed by atoms with Crippen molar-refractivity contribution < 1.29 is 29.5 Å². The van der Waals surface area contributed by atoms with E-state index < -0.39 is 28.9 Å². The van der Waals surface area contributed by atoms with Crippen molar-refractivity contribution in [1.29, 1.82) is 0 Å². The zero-order valence-corrected chi connectivity index (χ0v) is 13.1. The van der Waals surface area contributed by atoms with Gasteiger partial charge in [-0.1, -0.05) is 6.92 Å². The minimum Gasteiger partial charge on any atom is -0.550 e. The zero-order valence-electron chi connectivity index (χ0n) is 13.1. The number of carboxylic acid groups (broad SMARTS) is 1. The molecule has 1 fully saturated rings. The summed E-state index contributed by atoms with van der Waals surface area (Å²) in [6.45, 7) is 10.7. The van der Waals surface area contributed by atoms with E-state index in [0.717, 1.165) is 0 Å². The number of carbonyl (C=O) groups excluding carboxylic acids is 1. The van der Waals surface area contributed by atoms with E-state index in [1.54, 1.807) is 6.92 Å². The highest BCUT2D eigenvalue weighted by atomic mass is 17.3. The molecule has 0 spiro atoms. The predicted molar refractivity (Wildman–Crippen MR) is 68.9 cm³/mol. The summed E-state index contributed by atoms with van der Waals surface area (Å²) in [5, 5.41) is 11.3. The minimum atomic E-state index is -1.56. The van der Waals surface area contributed by atoms with Crippen molar-refractivity contribution in [1.82, 2.24) is 0 Å². The molecule has 1 aliphatic rings. The molecule has 6 nitrogen and oxygen atoms in total. The molecule has 1 rings (SSSR count). The second-order valence-electron chi connectivity index (χ2n) is 6.65. The molecule has 0 aromatic rings. The van der Waals surface area contributed by atoms with Crippen LogP contribution in [0.5, 0.6) is 0 Å². The van der Waals surface area contributed by atoms with Gasteiger partial charge >= 0.3 is 0 Å². The fraction of sp³-hybridized carbons (Fsp3) is 0.929. The van der Waals surface area contributed by atoms with Gasteiger partial charge < -0.3 is 9.90 Å². The van der Waals surface area contributed by atoms with E-state index in [1.165, 1.54) is 6.92 Å². The third-order valence-electron chi connectivity index (χ3n) is 3.52. The van der Waals surface area contributed by atoms with Crippen molar-refractivity contribution in [2.45, 2.75) is 77.8 Å². The molecule has 0 saturated carbocycles. The van der Waals surface area contributed by atoms with Crippen molar-refractivity contribution in [3.05, 3.63) is 0 Å². The Bertz CT molecular complexity index is 330. The van der Waals surface area contributed by atoms with Crippen LogP contribution in [0.4, 0.5) is 0 Å². The zero-order chi connectivity index (χ0) is 15.6. The van der Waals surface area contributed by atoms with Crippen LogP contribution >= 0.6 is 0 Å². The standard InChI is InChI=1S/C14H26O6/c1-7-10(11(15)16)14(6)19-17-12(2,3)8-9-13(4,5)18-20-14/h10H,7-9H2,1-6H3,(H,15,16)/p-1. The van der Waals surface area contributed by atoms with Crippen LogP contribution in [-0.2, 0) is 24.3 Å². The fourth-order valence-electron chi connectivity index (χ4n) is 1.96. The van der Waals surface area contributed by atoms with Crippen molar-refractivity contribution in [3.8, 4) is 0 Å². The smallest absolute Gasteiger partial charge is 0.239 e. The van der Waals surface area contributed by atoms with Gasteiger partial charge in [0, 0.05) is 0 Å². The SMILES string of the molecule is CCC(C(=O)[O-])C1(C)OOC(C)(C)CCC(C)(C)OO1. The summed E-state index contributed by atoms with van der Waals surface area (Å²) < 4.78 is 0. The van der Waals surface area contributed by atoms with Crippen molar-refractivity contribution >= 4 is 5.97 Å². The molecule has 0 bridgehead atoms. The molecule has 1 atom stereocenters. The first kappa shape index (κ1) is 17.4. The summed E-state index contributed by atoms with van der Waals surface area (Å²) in [4.78, 5) is 32.7. The molecule has 0 N–H and O–H groups in total. The molecule has 0 radical (unpaired) electrons. The minimum absolute atomic E-state index is 0.270. The maximum atomic E-state index is 11.3. The average molecular weight is 289 g/mol. The van der Waals surface area contributed by atoms with Gasteiger partial charge in [0.15, 0.2) is 0 Å². The Labute approximate surface area is 120 Å². The first-order valence-corrected chi connectivity index (χ1v) is 6.96. The monoisotopic (exact) mass is 289 g/mol. The van der Waals surface area contributed by atoms with Gasteiger partial charge in [-0.25, -0.2) is 9.78 Å². The van der Waals surface area contributed by atoms with Crippen LogP contribution in [-0.4, -0.2) is 23.0 Å². The van der Waals surface area contributed by atoms with Crippen LogP contribution in [0.1, 0.15) is 60.8 Å². The van der Waals surface area contributed by atoms with Crippen LogP contribution in [0.15, 0.2) is 0 Å². The van der Waals surface area contributed by atoms with Crippen LogP contribution in [0.3, 0.4) is 0 Å². The number of hydrogen-bond acceptors (Lipinski definition) is 6. The Morgan fingerprint density at radius 2 is 1.40 bits per heavy atom. The Morgan fingerprint density at radius 1 is 1.00 bits per heavy atom. The van der Waals surface area contributed by atoms with Gasteiger partial charge in [0.05, 0.1) is 23.1 Å². The van der Waals surface area contributed by atoms with Gasteiger partial charge in [0.25, 0.3) is 0 Å². The molecular weight excluding hydrogens is 264 g/mol. The summed E-state index contributed by atoms with van der Waals surface area (Å²) in [5.41, 5.74) is -1.14. The third-order valence-corrected chi connectivity index (χ3v) is 3.52. The van der Waals surface area contributed by atoms with E-state index in [9.17, 15) is 9.90 Å². The highest BCUT2D eigenvalue weighted by molar-refractivity contribution is 5.68. The van der Waals surface area contributed by atoms with Gasteiger partial charge in [0.2, 0.25) is 5.79 Å². The van der Waals surface area contributed by atoms with E-state index in [-0.39, 0.29) is 6.42 Å². The second-order valence-corrected chi connectivity index (χ2v) is 6.65. The molecule has 0 amide bonds. The highest BCUT2D eigenvalue weighted by Crippen LogP contribution is 2.35. The molecule has 118 valence electrons. The van der Waals surface area contributed by atoms with Gasteiger partial charge in [0.1, 0.15) is 0 Å². The largest absolute Gasteiger partial charge is 0.550 e. The summed E-state index contributed by atoms with van der Waals surface area (Å²) >= 11 is 0. The van der Waals surface area contributed by atoms with Gasteiger partial charge in [-0.3, -0.25) is 0 Å². The first-order chi connectivity index (χ1) is 9.01. The number of rotatable bonds is 3. The normalized spacial score (nSPS) is 26.9. The quantitative estimate of drug-likeness (QED) is 0.736. The molecule has 0 aromatic carbocycles. The number of aliphatic carboxylic acids is 1. The molecule has 1 saturated heterocycles. The molecule has 0 aliphatic carbocycles. The van der Waals surface area contributed by atoms with Crippen LogP contribution in [0.2, 0.25) is 0 Å². The van der Waals surface area contributed by atoms with Gasteiger partial charge in [-0.2, -0.15) is 9.78 Å². The lowest BCUT2D eigenvalue weighted by Crippen LogP contribution is -2.50. The van der Waals surface area contributed by atoms with Crippen LogP contribution in [0.25, 0.3) is 0 Å². The number of carbonyl (C=O) groups is 1. The number of hydrogen-bond donors (Lipinski definition) is 0. The van der Waals surface area contributed by atoms with E-state index in [2.05, 4.69) is 0 Å². The van der Waals surface area contributed by atoms with E-state index in [4.69, 9.17) is 19.6 Å². The Balaban J connectivity index is 3.02. The molecule has 1 aliphatic heterocycles. The summed E-state index contributed by atoms with van der Waals surface area (Å²) in [7, 11) is 0. The van der Waals surface area contributed by atoms with Crippen molar-refractivity contribution in [2.24, 2.45) is 5.92 Å². The van der Waals surface area contributed by atoms with Gasteiger partial charge in [-0.05, 0) is 53.9 Å². The van der Waals surface area contributed by atoms with E-state index >= 15 is 0 Å².